The molecule has 0 spiro atoms. The van der Waals surface area contributed by atoms with Gasteiger partial charge in [0.15, 0.2) is 0 Å². The van der Waals surface area contributed by atoms with E-state index in [0.717, 1.165) is 0 Å². The van der Waals surface area contributed by atoms with E-state index in [0.29, 0.717) is 0 Å². The van der Waals surface area contributed by atoms with Gasteiger partial charge in [0.25, 0.3) is 0 Å². The summed E-state index contributed by atoms with van der Waals surface area (Å²) in [5.74, 6) is 0. The summed E-state index contributed by atoms with van der Waals surface area (Å²) < 4.78 is 0. The second kappa shape index (κ2) is 1540. The lowest BCUT2D eigenvalue weighted by Gasteiger charge is -1.68. The van der Waals surface area contributed by atoms with Crippen molar-refractivity contribution in [3.63, 3.8) is 0 Å². The van der Waals surface area contributed by atoms with Crippen LogP contribution in [-0.2, 0) is 0 Å². The molecule has 0 saturated heterocycles. The molecule has 0 aliphatic heterocycles. The normalized spacial score (nSPS) is 3.60. The van der Waals surface area contributed by atoms with Crippen molar-refractivity contribution >= 4 is 0 Å². The zero-order valence-electron chi connectivity index (χ0n) is 17.4. The Labute approximate surface area is 139 Å². The average molecular weight is 301 g/mol. The average Bonchev–Trinajstić information content (AvgIpc) is 2.60. The molecule has 0 aliphatic rings. The van der Waals surface area contributed by atoms with E-state index in [1.165, 1.54) is 12.8 Å². The van der Waals surface area contributed by atoms with Crippen molar-refractivity contribution < 1.29 is 0 Å². The van der Waals surface area contributed by atoms with E-state index in [-0.39, 0.29) is 14.9 Å². The number of hydrogen-bond donors (Lipinski definition) is 0. The predicted molar refractivity (Wildman–Crippen MR) is 113 cm³/mol. The fourth-order valence-corrected chi connectivity index (χ4v) is 0. The molecular formula is C20H60. The highest BCUT2D eigenvalue weighted by Gasteiger charge is 1.56. The van der Waals surface area contributed by atoms with Crippen LogP contribution in [0.25, 0.3) is 0 Å². The highest BCUT2D eigenvalue weighted by atomic mass is 13.6. The van der Waals surface area contributed by atoms with Gasteiger partial charge in [-0.15, -0.1) is 0 Å². The molecule has 0 rings (SSSR count). The molecule has 0 atom stereocenters. The van der Waals surface area contributed by atoms with Crippen LogP contribution >= 0.6 is 0 Å². The number of hydrogen-bond acceptors (Lipinski definition) is 0. The molecule has 0 N–H and O–H groups in total. The SMILES string of the molecule is C.C.CC.CC.CC.CC.CC.CC.CC.CCCC. The predicted octanol–water partition coefficient (Wildman–Crippen LogP) is 10.3. The summed E-state index contributed by atoms with van der Waals surface area (Å²) in [6.07, 6.45) is 2.64. The molecule has 0 heteroatoms. The van der Waals surface area contributed by atoms with Crippen LogP contribution in [0.4, 0.5) is 0 Å². The Morgan fingerprint density at radius 3 is 0.350 bits per heavy atom. The molecule has 20 heavy (non-hydrogen) atoms. The van der Waals surface area contributed by atoms with Gasteiger partial charge in [0, 0.05) is 0 Å². The Morgan fingerprint density at radius 1 is 0.300 bits per heavy atom. The molecule has 0 unspecified atom stereocenters. The van der Waals surface area contributed by atoms with Crippen molar-refractivity contribution in [2.24, 2.45) is 0 Å². The van der Waals surface area contributed by atoms with Crippen LogP contribution in [0.2, 0.25) is 0 Å². The van der Waals surface area contributed by atoms with Crippen molar-refractivity contribution in [1.29, 1.82) is 0 Å². The van der Waals surface area contributed by atoms with E-state index in [1.54, 1.807) is 0 Å². The molecule has 0 nitrogen and oxygen atoms in total. The maximum absolute atomic E-state index is 2.18. The van der Waals surface area contributed by atoms with Crippen LogP contribution in [0.15, 0.2) is 0 Å². The molecule has 0 aromatic rings. The van der Waals surface area contributed by atoms with Gasteiger partial charge in [-0.1, -0.05) is 138 Å². The summed E-state index contributed by atoms with van der Waals surface area (Å²) in [5.41, 5.74) is 0. The Morgan fingerprint density at radius 2 is 0.350 bits per heavy atom. The van der Waals surface area contributed by atoms with Crippen molar-refractivity contribution in [1.82, 2.24) is 0 Å². The molecule has 0 bridgehead atoms. The van der Waals surface area contributed by atoms with E-state index in [9.17, 15) is 0 Å². The van der Waals surface area contributed by atoms with Crippen LogP contribution in [0, 0.1) is 0 Å². The second-order valence-corrected chi connectivity index (χ2v) is 1.000. The molecule has 0 aromatic carbocycles. The maximum Gasteiger partial charge on any atom is -0.0564 e. The highest BCUT2D eigenvalue weighted by molar-refractivity contribution is 4.12. The first-order valence-electron chi connectivity index (χ1n) is 8.91. The zero-order chi connectivity index (χ0) is 17.4. The first kappa shape index (κ1) is 72.2. The Hall–Kier alpha value is 0. The summed E-state index contributed by atoms with van der Waals surface area (Å²) in [5, 5.41) is 0. The Bertz CT molecular complexity index is 2.00. The Kier molecular flexibility index (Phi) is 5560. The van der Waals surface area contributed by atoms with Gasteiger partial charge in [-0.3, -0.25) is 0 Å². The van der Waals surface area contributed by atoms with Crippen molar-refractivity contribution in [3.05, 3.63) is 0 Å². The van der Waals surface area contributed by atoms with Gasteiger partial charge in [0.05, 0.1) is 0 Å². The van der Waals surface area contributed by atoms with E-state index in [1.807, 2.05) is 96.9 Å². The van der Waals surface area contributed by atoms with Gasteiger partial charge < -0.3 is 0 Å². The quantitative estimate of drug-likeness (QED) is 0.451. The van der Waals surface area contributed by atoms with Gasteiger partial charge in [-0.2, -0.15) is 0 Å². The zero-order valence-corrected chi connectivity index (χ0v) is 17.4. The number of rotatable bonds is 1. The van der Waals surface area contributed by atoms with E-state index >= 15 is 0 Å². The van der Waals surface area contributed by atoms with Gasteiger partial charge >= 0.3 is 0 Å². The molecule has 0 saturated carbocycles. The van der Waals surface area contributed by atoms with Gasteiger partial charge in [0.2, 0.25) is 0 Å². The summed E-state index contributed by atoms with van der Waals surface area (Å²) in [7, 11) is 0. The largest absolute Gasteiger partial charge is 0.0776 e. The van der Waals surface area contributed by atoms with Crippen LogP contribution < -0.4 is 0 Å². The molecule has 0 aromatic heterocycles. The molecule has 140 valence electrons. The van der Waals surface area contributed by atoms with Crippen molar-refractivity contribution in [3.8, 4) is 0 Å². The van der Waals surface area contributed by atoms with Crippen LogP contribution in [0.1, 0.15) is 138 Å². The van der Waals surface area contributed by atoms with Gasteiger partial charge in [-0.25, -0.2) is 0 Å². The minimum absolute atomic E-state index is 0. The van der Waals surface area contributed by atoms with E-state index in [4.69, 9.17) is 0 Å². The molecule has 0 fully saturated rings. The minimum Gasteiger partial charge on any atom is -0.0776 e. The summed E-state index contributed by atoms with van der Waals surface area (Å²) >= 11 is 0. The Balaban J connectivity index is -0.00000000720. The topological polar surface area (TPSA) is 0 Å². The minimum atomic E-state index is 0. The first-order valence-corrected chi connectivity index (χ1v) is 8.91. The van der Waals surface area contributed by atoms with Crippen molar-refractivity contribution in [2.45, 2.75) is 138 Å². The molecule has 0 heterocycles. The monoisotopic (exact) mass is 300 g/mol. The third-order valence-electron chi connectivity index (χ3n) is 0.500. The lowest BCUT2D eigenvalue weighted by Crippen LogP contribution is -1.47. The standard InChI is InChI=1S/C4H10.7C2H6.2CH4/c1-3-4-2;7*1-2;;/h3-4H2,1-2H3;7*1-2H3;2*1H4. The summed E-state index contributed by atoms with van der Waals surface area (Å²) in [6.45, 7) is 32.4. The third kappa shape index (κ3) is 5200. The molecule has 0 aliphatic carbocycles. The highest BCUT2D eigenvalue weighted by Crippen LogP contribution is 1.76. The maximum atomic E-state index is 2.18. The van der Waals surface area contributed by atoms with E-state index < -0.39 is 0 Å². The number of unbranched alkanes of at least 4 members (excludes halogenated alkanes) is 1. The lowest BCUT2D eigenvalue weighted by molar-refractivity contribution is 0.886. The fourth-order valence-electron chi connectivity index (χ4n) is 0. The summed E-state index contributed by atoms with van der Waals surface area (Å²) in [4.78, 5) is 0. The smallest absolute Gasteiger partial charge is 0.0564 e. The lowest BCUT2D eigenvalue weighted by atomic mass is 10.4. The van der Waals surface area contributed by atoms with Crippen LogP contribution in [-0.4, -0.2) is 0 Å². The fraction of sp³-hybridized carbons (Fsp3) is 1.00. The molecule has 0 radical (unpaired) electrons. The first-order chi connectivity index (χ1) is 8.91. The van der Waals surface area contributed by atoms with Crippen molar-refractivity contribution in [2.75, 3.05) is 0 Å². The molecular weight excluding hydrogens is 240 g/mol. The van der Waals surface area contributed by atoms with E-state index in [2.05, 4.69) is 13.8 Å². The van der Waals surface area contributed by atoms with Gasteiger partial charge in [-0.05, 0) is 0 Å². The molecule has 0 amide bonds. The summed E-state index contributed by atoms with van der Waals surface area (Å²) in [6, 6.07) is 0. The van der Waals surface area contributed by atoms with Crippen LogP contribution in [0.5, 0.6) is 0 Å². The van der Waals surface area contributed by atoms with Gasteiger partial charge in [0.1, 0.15) is 0 Å². The second-order valence-electron chi connectivity index (χ2n) is 1.000. The van der Waals surface area contributed by atoms with Crippen LogP contribution in [0.3, 0.4) is 0 Å². The third-order valence-corrected chi connectivity index (χ3v) is 0.500.